The van der Waals surface area contributed by atoms with E-state index in [1.54, 1.807) is 0 Å². The molecule has 196 valence electrons. The molecule has 2 bridgehead atoms. The number of carbonyl (C=O) groups is 4. The lowest BCUT2D eigenvalue weighted by molar-refractivity contribution is -0.150. The number of esters is 1. The molecule has 3 heterocycles. The van der Waals surface area contributed by atoms with Gasteiger partial charge in [-0.15, -0.1) is 0 Å². The van der Waals surface area contributed by atoms with Crippen molar-refractivity contribution >= 4 is 30.4 Å². The van der Waals surface area contributed by atoms with E-state index >= 15 is 0 Å². The van der Waals surface area contributed by atoms with E-state index < -0.39 is 54.6 Å². The van der Waals surface area contributed by atoms with Crippen LogP contribution in [0.4, 0.5) is 0 Å². The van der Waals surface area contributed by atoms with Crippen LogP contribution in [0.3, 0.4) is 0 Å². The Hall–Kier alpha value is -3.84. The average molecular weight is 510 g/mol. The van der Waals surface area contributed by atoms with Crippen LogP contribution >= 0.6 is 0 Å². The number of hydrogen-bond acceptors (Lipinski definition) is 10. The molecule has 1 aromatic heterocycles. The maximum absolute atomic E-state index is 13.6. The van der Waals surface area contributed by atoms with Gasteiger partial charge in [-0.2, -0.15) is 0 Å². The highest BCUT2D eigenvalue weighted by Gasteiger charge is 2.60. The molecule has 5 atom stereocenters. The molecule has 2 fully saturated rings. The van der Waals surface area contributed by atoms with E-state index in [-0.39, 0.29) is 18.0 Å². The first-order valence-electron chi connectivity index (χ1n) is 12.0. The zero-order valence-corrected chi connectivity index (χ0v) is 20.7. The molecular formula is C24H29BN5O7-. The van der Waals surface area contributed by atoms with E-state index in [1.807, 2.05) is 44.2 Å². The minimum atomic E-state index is -2.59. The van der Waals surface area contributed by atoms with Crippen molar-refractivity contribution in [3.05, 3.63) is 60.2 Å². The number of amides is 2. The number of hydrogen-bond donors (Lipinski definition) is 3. The van der Waals surface area contributed by atoms with Crippen molar-refractivity contribution in [1.29, 1.82) is 0 Å². The van der Waals surface area contributed by atoms with E-state index in [9.17, 15) is 19.2 Å². The zero-order chi connectivity index (χ0) is 26.6. The van der Waals surface area contributed by atoms with Crippen LogP contribution < -0.4 is 15.9 Å². The second kappa shape index (κ2) is 11.1. The smallest absolute Gasteiger partial charge is 0.394 e. The number of fused-ring (bicyclic) bond motifs is 2. The summed E-state index contributed by atoms with van der Waals surface area (Å²) in [6, 6.07) is 7.16. The summed E-state index contributed by atoms with van der Waals surface area (Å²) in [7, 11) is 1.21. The van der Waals surface area contributed by atoms with E-state index in [0.29, 0.717) is 6.42 Å². The van der Waals surface area contributed by atoms with E-state index in [4.69, 9.17) is 14.0 Å². The molecule has 0 spiro atoms. The maximum Gasteiger partial charge on any atom is 0.394 e. The van der Waals surface area contributed by atoms with Crippen molar-refractivity contribution < 1.29 is 33.2 Å². The van der Waals surface area contributed by atoms with Gasteiger partial charge in [-0.05, 0) is 17.4 Å². The molecular weight excluding hydrogens is 481 g/mol. The molecule has 2 aromatic rings. The molecule has 1 aromatic carbocycles. The van der Waals surface area contributed by atoms with Crippen molar-refractivity contribution in [1.82, 2.24) is 25.8 Å². The summed E-state index contributed by atoms with van der Waals surface area (Å²) in [5, 5.41) is 8.59. The molecule has 2 unspecified atom stereocenters. The monoisotopic (exact) mass is 510 g/mol. The fourth-order valence-electron chi connectivity index (χ4n) is 4.62. The fourth-order valence-corrected chi connectivity index (χ4v) is 4.62. The predicted octanol–water partition coefficient (Wildman–Crippen LogP) is -0.0865. The van der Waals surface area contributed by atoms with Gasteiger partial charge in [0, 0.05) is 18.8 Å². The Labute approximate surface area is 213 Å². The van der Waals surface area contributed by atoms with Crippen LogP contribution in [-0.4, -0.2) is 71.6 Å². The van der Waals surface area contributed by atoms with Gasteiger partial charge in [0.25, 0.3) is 11.9 Å². The van der Waals surface area contributed by atoms with Crippen LogP contribution in [0.1, 0.15) is 36.3 Å². The van der Waals surface area contributed by atoms with Gasteiger partial charge >= 0.3 is 12.7 Å². The predicted molar refractivity (Wildman–Crippen MR) is 130 cm³/mol. The van der Waals surface area contributed by atoms with Gasteiger partial charge in [-0.25, -0.2) is 4.98 Å². The van der Waals surface area contributed by atoms with Crippen LogP contribution in [-0.2, 0) is 34.9 Å². The van der Waals surface area contributed by atoms with Gasteiger partial charge < -0.3 is 29.9 Å². The number of rotatable bonds is 10. The van der Waals surface area contributed by atoms with Crippen molar-refractivity contribution in [2.24, 2.45) is 5.92 Å². The molecule has 4 rings (SSSR count). The Kier molecular flexibility index (Phi) is 7.84. The van der Waals surface area contributed by atoms with Crippen LogP contribution in [0.15, 0.2) is 48.9 Å². The first kappa shape index (κ1) is 26.2. The first-order valence-corrected chi connectivity index (χ1v) is 12.0. The molecule has 37 heavy (non-hydrogen) atoms. The number of methoxy groups -OCH3 is 1. The summed E-state index contributed by atoms with van der Waals surface area (Å²) < 4.78 is 16.2. The summed E-state index contributed by atoms with van der Waals surface area (Å²) in [4.78, 5) is 59.0. The molecule has 0 saturated carbocycles. The van der Waals surface area contributed by atoms with E-state index in [1.165, 1.54) is 25.7 Å². The summed E-state index contributed by atoms with van der Waals surface area (Å²) in [6.45, 7) is 1.28. The summed E-state index contributed by atoms with van der Waals surface area (Å²) in [5.74, 6) is -3.21. The van der Waals surface area contributed by atoms with Gasteiger partial charge in [0.1, 0.15) is 23.9 Å². The lowest BCUT2D eigenvalue weighted by atomic mass is 9.60. The lowest BCUT2D eigenvalue weighted by Crippen LogP contribution is -2.70. The Morgan fingerprint density at radius 2 is 1.92 bits per heavy atom. The normalized spacial score (nSPS) is 23.7. The Morgan fingerprint density at radius 3 is 2.57 bits per heavy atom. The van der Waals surface area contributed by atoms with Crippen molar-refractivity contribution in [2.45, 2.75) is 50.8 Å². The largest absolute Gasteiger partial charge is 0.650 e. The van der Waals surface area contributed by atoms with Crippen LogP contribution in [0.25, 0.3) is 0 Å². The number of ether oxygens (including phenoxy) is 1. The minimum Gasteiger partial charge on any atom is -0.650 e. The third kappa shape index (κ3) is 5.78. The first-order chi connectivity index (χ1) is 17.7. The third-order valence-corrected chi connectivity index (χ3v) is 6.33. The Balaban J connectivity index is 1.58. The summed E-state index contributed by atoms with van der Waals surface area (Å²) >= 11 is 0. The second-order valence-electron chi connectivity index (χ2n) is 9.48. The quantitative estimate of drug-likeness (QED) is 0.292. The number of nitrogens with one attached hydrogen (secondary N) is 3. The van der Waals surface area contributed by atoms with Crippen LogP contribution in [0.5, 0.6) is 0 Å². The Morgan fingerprint density at radius 1 is 1.16 bits per heavy atom. The number of aromatic nitrogens is 2. The molecule has 2 aliphatic heterocycles. The molecule has 2 saturated heterocycles. The summed E-state index contributed by atoms with van der Waals surface area (Å²) in [6.07, 6.45) is 3.51. The van der Waals surface area contributed by atoms with Crippen LogP contribution in [0.2, 0.25) is 0 Å². The second-order valence-corrected chi connectivity index (χ2v) is 9.48. The van der Waals surface area contributed by atoms with Crippen molar-refractivity contribution in [3.8, 4) is 0 Å². The number of nitrogens with zero attached hydrogens (tertiary/aromatic N) is 2. The van der Waals surface area contributed by atoms with E-state index in [2.05, 4.69) is 25.8 Å². The fraction of sp³-hybridized carbons (Fsp3) is 0.417. The average Bonchev–Trinajstić information content (AvgIpc) is 3.44. The number of benzene rings is 1. The zero-order valence-electron chi connectivity index (χ0n) is 20.7. The highest BCUT2D eigenvalue weighted by atomic mass is 16.7. The Bertz CT molecular complexity index is 1150. The summed E-state index contributed by atoms with van der Waals surface area (Å²) in [5.41, 5.74) is 0.878. The topological polar surface area (TPSA) is 158 Å². The van der Waals surface area contributed by atoms with Gasteiger partial charge in [-0.1, -0.05) is 50.6 Å². The molecule has 2 amide bonds. The standard InChI is InChI=1S/C24H29BN5O7/c1-14(2)11-18(25-30-19(23(33)35-3)20(36-25)24(34)37-25)29-21(31)16(12-15-7-5-4-6-8-15)28-22(32)17-13-26-9-10-27-17/h4-10,13-14,16,18-20,30H,11-12H2,1-3H3,(H,28,32)(H,29,31)/q-1/t16-,18?,19+,20+,25?/m0/s1. The van der Waals surface area contributed by atoms with Crippen LogP contribution in [0, 0.1) is 5.92 Å². The van der Waals surface area contributed by atoms with Crippen molar-refractivity contribution in [2.75, 3.05) is 7.11 Å². The molecule has 0 radical (unpaired) electrons. The highest BCUT2D eigenvalue weighted by Crippen LogP contribution is 2.33. The van der Waals surface area contributed by atoms with Gasteiger partial charge in [0.2, 0.25) is 5.91 Å². The maximum atomic E-state index is 13.6. The van der Waals surface area contributed by atoms with Crippen molar-refractivity contribution in [3.63, 3.8) is 0 Å². The van der Waals surface area contributed by atoms with Gasteiger partial charge in [0.15, 0.2) is 0 Å². The molecule has 2 aliphatic rings. The van der Waals surface area contributed by atoms with Gasteiger partial charge in [-0.3, -0.25) is 24.2 Å². The third-order valence-electron chi connectivity index (χ3n) is 6.33. The highest BCUT2D eigenvalue weighted by molar-refractivity contribution is 6.71. The number of carbonyl (C=O) groups excluding carboxylic acids is 4. The van der Waals surface area contributed by atoms with Gasteiger partial charge in [0.05, 0.1) is 13.3 Å². The molecule has 13 heteroatoms. The molecule has 0 aliphatic carbocycles. The lowest BCUT2D eigenvalue weighted by Gasteiger charge is -2.42. The SMILES string of the molecule is COC(=O)[C@@H]1N[B-]2(C(CC(C)C)NC(=O)[C@H](Cc3ccccc3)NC(=O)c3cnccn3)OC(=O)[C@@H]1O2. The molecule has 12 nitrogen and oxygen atoms in total. The molecule has 3 N–H and O–H groups in total. The minimum absolute atomic E-state index is 0.0589. The van der Waals surface area contributed by atoms with E-state index in [0.717, 1.165) is 5.56 Å².